The summed E-state index contributed by atoms with van der Waals surface area (Å²) < 4.78 is 5.54. The molecule has 2 rings (SSSR count). The highest BCUT2D eigenvalue weighted by Crippen LogP contribution is 2.23. The molecule has 1 atom stereocenters. The molecule has 0 spiro atoms. The Morgan fingerprint density at radius 2 is 2.35 bits per heavy atom. The molecule has 1 aromatic rings. The van der Waals surface area contributed by atoms with Crippen LogP contribution in [0.25, 0.3) is 0 Å². The first-order valence-corrected chi connectivity index (χ1v) is 7.94. The molecule has 1 aliphatic rings. The Labute approximate surface area is 125 Å². The van der Waals surface area contributed by atoms with Crippen molar-refractivity contribution in [1.29, 1.82) is 5.26 Å². The van der Waals surface area contributed by atoms with Gasteiger partial charge in [-0.15, -0.1) is 11.8 Å². The highest BCUT2D eigenvalue weighted by molar-refractivity contribution is 7.99. The molecule has 1 saturated heterocycles. The summed E-state index contributed by atoms with van der Waals surface area (Å²) in [4.78, 5) is 6.91. The monoisotopic (exact) mass is 291 g/mol. The molecule has 1 fully saturated rings. The Kier molecular flexibility index (Phi) is 5.41. The number of nitriles is 1. The molecule has 0 N–H and O–H groups in total. The number of ether oxygens (including phenoxy) is 1. The zero-order valence-electron chi connectivity index (χ0n) is 12.3. The van der Waals surface area contributed by atoms with E-state index in [4.69, 9.17) is 4.74 Å². The molecular formula is C15H21N3OS. The van der Waals surface area contributed by atoms with E-state index >= 15 is 0 Å². The molecule has 2 heterocycles. The van der Waals surface area contributed by atoms with E-state index in [0.717, 1.165) is 53.8 Å². The van der Waals surface area contributed by atoms with Gasteiger partial charge in [-0.25, -0.2) is 4.98 Å². The van der Waals surface area contributed by atoms with Gasteiger partial charge in [0.2, 0.25) is 0 Å². The first kappa shape index (κ1) is 15.3. The van der Waals surface area contributed by atoms with E-state index < -0.39 is 0 Å². The highest BCUT2D eigenvalue weighted by atomic mass is 32.2. The van der Waals surface area contributed by atoms with Crippen molar-refractivity contribution in [3.05, 3.63) is 22.9 Å². The summed E-state index contributed by atoms with van der Waals surface area (Å²) >= 11 is 1.68. The second-order valence-corrected chi connectivity index (χ2v) is 6.29. The van der Waals surface area contributed by atoms with Crippen molar-refractivity contribution in [1.82, 2.24) is 9.88 Å². The number of pyridine rings is 1. The van der Waals surface area contributed by atoms with Gasteiger partial charge in [0.1, 0.15) is 11.1 Å². The second kappa shape index (κ2) is 7.07. The molecule has 20 heavy (non-hydrogen) atoms. The minimum Gasteiger partial charge on any atom is -0.376 e. The predicted molar refractivity (Wildman–Crippen MR) is 81.0 cm³/mol. The van der Waals surface area contributed by atoms with Crippen LogP contribution in [0.1, 0.15) is 23.7 Å². The molecule has 0 unspecified atom stereocenters. The van der Waals surface area contributed by atoms with Gasteiger partial charge in [-0.1, -0.05) is 0 Å². The number of aryl methyl sites for hydroxylation is 2. The van der Waals surface area contributed by atoms with Crippen LogP contribution in [0.5, 0.6) is 0 Å². The third-order valence-electron chi connectivity index (χ3n) is 3.39. The average molecular weight is 291 g/mol. The van der Waals surface area contributed by atoms with Gasteiger partial charge >= 0.3 is 0 Å². The minimum atomic E-state index is 0.322. The smallest absolute Gasteiger partial charge is 0.114 e. The Balaban J connectivity index is 1.92. The van der Waals surface area contributed by atoms with Gasteiger partial charge in [0.15, 0.2) is 0 Å². The molecule has 0 aromatic carbocycles. The minimum absolute atomic E-state index is 0.322. The van der Waals surface area contributed by atoms with Crippen LogP contribution >= 0.6 is 11.8 Å². The summed E-state index contributed by atoms with van der Waals surface area (Å²) in [6, 6.07) is 4.23. The Morgan fingerprint density at radius 1 is 1.55 bits per heavy atom. The van der Waals surface area contributed by atoms with Crippen LogP contribution in [0, 0.1) is 25.2 Å². The first-order chi connectivity index (χ1) is 9.60. The quantitative estimate of drug-likeness (QED) is 0.797. The van der Waals surface area contributed by atoms with Gasteiger partial charge in [0.05, 0.1) is 18.3 Å². The molecular weight excluding hydrogens is 270 g/mol. The molecule has 5 heteroatoms. The number of hydrogen-bond acceptors (Lipinski definition) is 5. The fourth-order valence-corrected chi connectivity index (χ4v) is 3.51. The van der Waals surface area contributed by atoms with E-state index in [-0.39, 0.29) is 0 Å². The van der Waals surface area contributed by atoms with Crippen molar-refractivity contribution in [2.24, 2.45) is 0 Å². The Bertz CT molecular complexity index is 513. The number of hydrogen-bond donors (Lipinski definition) is 0. The van der Waals surface area contributed by atoms with E-state index in [1.54, 1.807) is 11.8 Å². The van der Waals surface area contributed by atoms with Gasteiger partial charge in [0.25, 0.3) is 0 Å². The van der Waals surface area contributed by atoms with Crippen LogP contribution < -0.4 is 0 Å². The van der Waals surface area contributed by atoms with Crippen LogP contribution in [-0.4, -0.2) is 48.0 Å². The molecule has 1 aromatic heterocycles. The summed E-state index contributed by atoms with van der Waals surface area (Å²) in [7, 11) is 0. The van der Waals surface area contributed by atoms with E-state index in [9.17, 15) is 5.26 Å². The highest BCUT2D eigenvalue weighted by Gasteiger charge is 2.16. The molecule has 0 radical (unpaired) electrons. The predicted octanol–water partition coefficient (Wildman–Crippen LogP) is 2.38. The third-order valence-corrected chi connectivity index (χ3v) is 4.35. The molecule has 0 saturated carbocycles. The SMILES string of the molecule is Cc1cc(C)c(C#N)c(SCCN2CCO[C@@H](C)C2)n1. The summed E-state index contributed by atoms with van der Waals surface area (Å²) in [5.41, 5.74) is 2.71. The lowest BCUT2D eigenvalue weighted by molar-refractivity contribution is -0.0158. The zero-order valence-corrected chi connectivity index (χ0v) is 13.2. The van der Waals surface area contributed by atoms with Crippen molar-refractivity contribution >= 4 is 11.8 Å². The number of nitrogens with zero attached hydrogens (tertiary/aromatic N) is 3. The largest absolute Gasteiger partial charge is 0.376 e. The van der Waals surface area contributed by atoms with E-state index in [1.807, 2.05) is 19.9 Å². The number of morpholine rings is 1. The van der Waals surface area contributed by atoms with Gasteiger partial charge in [-0.3, -0.25) is 4.90 Å². The Hall–Kier alpha value is -1.09. The van der Waals surface area contributed by atoms with Gasteiger partial charge in [0, 0.05) is 31.1 Å². The average Bonchev–Trinajstić information content (AvgIpc) is 2.38. The molecule has 0 amide bonds. The van der Waals surface area contributed by atoms with Crippen molar-refractivity contribution in [3.63, 3.8) is 0 Å². The second-order valence-electron chi connectivity index (χ2n) is 5.20. The normalized spacial score (nSPS) is 19.8. The summed E-state index contributed by atoms with van der Waals surface area (Å²) in [6.07, 6.45) is 0.322. The zero-order chi connectivity index (χ0) is 14.5. The van der Waals surface area contributed by atoms with Crippen molar-refractivity contribution in [2.45, 2.75) is 31.9 Å². The fraction of sp³-hybridized carbons (Fsp3) is 0.600. The van der Waals surface area contributed by atoms with Gasteiger partial charge < -0.3 is 4.74 Å². The summed E-state index contributed by atoms with van der Waals surface area (Å²) in [6.45, 7) is 9.87. The first-order valence-electron chi connectivity index (χ1n) is 6.95. The molecule has 0 bridgehead atoms. The lowest BCUT2D eigenvalue weighted by atomic mass is 10.1. The maximum Gasteiger partial charge on any atom is 0.114 e. The van der Waals surface area contributed by atoms with Crippen molar-refractivity contribution < 1.29 is 4.74 Å². The lowest BCUT2D eigenvalue weighted by Crippen LogP contribution is -2.42. The van der Waals surface area contributed by atoms with Crippen LogP contribution in [0.15, 0.2) is 11.1 Å². The maximum atomic E-state index is 9.24. The van der Waals surface area contributed by atoms with Crippen LogP contribution in [0.2, 0.25) is 0 Å². The topological polar surface area (TPSA) is 49.2 Å². The van der Waals surface area contributed by atoms with Crippen LogP contribution in [0.4, 0.5) is 0 Å². The Morgan fingerprint density at radius 3 is 3.05 bits per heavy atom. The van der Waals surface area contributed by atoms with E-state index in [2.05, 4.69) is 22.9 Å². The van der Waals surface area contributed by atoms with Crippen molar-refractivity contribution in [3.8, 4) is 6.07 Å². The van der Waals surface area contributed by atoms with E-state index in [0.29, 0.717) is 6.10 Å². The molecule has 108 valence electrons. The van der Waals surface area contributed by atoms with Gasteiger partial charge in [-0.2, -0.15) is 5.26 Å². The van der Waals surface area contributed by atoms with Crippen LogP contribution in [-0.2, 0) is 4.74 Å². The van der Waals surface area contributed by atoms with Crippen molar-refractivity contribution in [2.75, 3.05) is 32.0 Å². The number of aromatic nitrogens is 1. The summed E-state index contributed by atoms with van der Waals surface area (Å²) in [5.74, 6) is 0.956. The standard InChI is InChI=1S/C15H21N3OS/c1-11-8-12(2)17-15(14(11)9-16)20-7-5-18-4-6-19-13(3)10-18/h8,13H,4-7,10H2,1-3H3/t13-/m0/s1. The number of rotatable bonds is 4. The molecule has 4 nitrogen and oxygen atoms in total. The molecule has 0 aliphatic carbocycles. The van der Waals surface area contributed by atoms with E-state index in [1.165, 1.54) is 0 Å². The fourth-order valence-electron chi connectivity index (χ4n) is 2.41. The lowest BCUT2D eigenvalue weighted by Gasteiger charge is -2.30. The third kappa shape index (κ3) is 3.95. The van der Waals surface area contributed by atoms with Crippen LogP contribution in [0.3, 0.4) is 0 Å². The van der Waals surface area contributed by atoms with Gasteiger partial charge in [-0.05, 0) is 32.4 Å². The number of thioether (sulfide) groups is 1. The molecule has 1 aliphatic heterocycles. The summed E-state index contributed by atoms with van der Waals surface area (Å²) in [5, 5.41) is 10.1. The maximum absolute atomic E-state index is 9.24.